The van der Waals surface area contributed by atoms with Gasteiger partial charge in [0.25, 0.3) is 10.2 Å². The van der Waals surface area contributed by atoms with Crippen LogP contribution in [0.25, 0.3) is 0 Å². The average Bonchev–Trinajstić information content (AvgIpc) is 3.08. The van der Waals surface area contributed by atoms with Gasteiger partial charge in [0, 0.05) is 19.6 Å². The van der Waals surface area contributed by atoms with Gasteiger partial charge in [0.1, 0.15) is 0 Å². The number of nitrogens with one attached hydrogen (secondary N) is 1. The largest absolute Gasteiger partial charge is 0.330 e. The van der Waals surface area contributed by atoms with Crippen LogP contribution in [0.1, 0.15) is 38.5 Å². The Hall–Kier alpha value is -0.170. The van der Waals surface area contributed by atoms with Crippen molar-refractivity contribution < 1.29 is 8.42 Å². The highest BCUT2D eigenvalue weighted by Gasteiger charge is 2.40. The van der Waals surface area contributed by atoms with Gasteiger partial charge in [0.2, 0.25) is 0 Å². The maximum atomic E-state index is 12.3. The summed E-state index contributed by atoms with van der Waals surface area (Å²) in [6.45, 7) is 2.55. The van der Waals surface area contributed by atoms with Crippen molar-refractivity contribution in [3.05, 3.63) is 0 Å². The normalized spacial score (nSPS) is 35.8. The van der Waals surface area contributed by atoms with Crippen molar-refractivity contribution in [3.63, 3.8) is 0 Å². The Labute approximate surface area is 122 Å². The molecule has 0 amide bonds. The van der Waals surface area contributed by atoms with Gasteiger partial charge < -0.3 is 5.73 Å². The topological polar surface area (TPSA) is 75.4 Å². The standard InChI is InChI=1S/C14H27N3O2S/c15-9-11-3-5-17(6-4-11)20(18,19)16-10-14-8-12-1-2-13(14)7-12/h11-14,16H,1-10,15H2. The van der Waals surface area contributed by atoms with E-state index < -0.39 is 10.2 Å². The van der Waals surface area contributed by atoms with Gasteiger partial charge in [0.05, 0.1) is 0 Å². The maximum Gasteiger partial charge on any atom is 0.279 e. The van der Waals surface area contributed by atoms with Gasteiger partial charge in [-0.15, -0.1) is 0 Å². The van der Waals surface area contributed by atoms with E-state index >= 15 is 0 Å². The third-order valence-electron chi connectivity index (χ3n) is 5.66. The van der Waals surface area contributed by atoms with Gasteiger partial charge >= 0.3 is 0 Å². The molecule has 5 nitrogen and oxygen atoms in total. The molecule has 3 fully saturated rings. The highest BCUT2D eigenvalue weighted by Crippen LogP contribution is 2.48. The van der Waals surface area contributed by atoms with Gasteiger partial charge in [-0.1, -0.05) is 6.42 Å². The molecule has 6 heteroatoms. The highest BCUT2D eigenvalue weighted by molar-refractivity contribution is 7.87. The van der Waals surface area contributed by atoms with Crippen molar-refractivity contribution in [3.8, 4) is 0 Å². The van der Waals surface area contributed by atoms with Crippen LogP contribution in [0.3, 0.4) is 0 Å². The van der Waals surface area contributed by atoms with Gasteiger partial charge in [-0.05, 0) is 62.3 Å². The number of rotatable bonds is 5. The summed E-state index contributed by atoms with van der Waals surface area (Å²) in [5, 5.41) is 0. The molecule has 3 unspecified atom stereocenters. The number of hydrogen-bond donors (Lipinski definition) is 2. The first-order valence-corrected chi connectivity index (χ1v) is 9.47. The zero-order valence-electron chi connectivity index (χ0n) is 12.1. The smallest absolute Gasteiger partial charge is 0.279 e. The molecule has 3 N–H and O–H groups in total. The second-order valence-electron chi connectivity index (χ2n) is 6.87. The van der Waals surface area contributed by atoms with Gasteiger partial charge in [0.15, 0.2) is 0 Å². The van der Waals surface area contributed by atoms with Crippen LogP contribution in [-0.2, 0) is 10.2 Å². The van der Waals surface area contributed by atoms with Crippen LogP contribution < -0.4 is 10.5 Å². The van der Waals surface area contributed by atoms with Gasteiger partial charge in [-0.25, -0.2) is 4.72 Å². The second-order valence-corrected chi connectivity index (χ2v) is 8.62. The minimum atomic E-state index is -3.28. The van der Waals surface area contributed by atoms with Crippen molar-refractivity contribution in [1.82, 2.24) is 9.03 Å². The minimum absolute atomic E-state index is 0.493. The summed E-state index contributed by atoms with van der Waals surface area (Å²) in [7, 11) is -3.28. The molecule has 0 spiro atoms. The molecule has 0 aromatic carbocycles. The zero-order chi connectivity index (χ0) is 14.2. The van der Waals surface area contributed by atoms with Gasteiger partial charge in [-0.3, -0.25) is 0 Å². The van der Waals surface area contributed by atoms with Crippen molar-refractivity contribution in [2.24, 2.45) is 29.4 Å². The van der Waals surface area contributed by atoms with Gasteiger partial charge in [-0.2, -0.15) is 12.7 Å². The van der Waals surface area contributed by atoms with Crippen LogP contribution >= 0.6 is 0 Å². The molecule has 0 aromatic rings. The summed E-state index contributed by atoms with van der Waals surface area (Å²) in [6.07, 6.45) is 7.01. The fourth-order valence-corrected chi connectivity index (χ4v) is 5.61. The summed E-state index contributed by atoms with van der Waals surface area (Å²) in [5.74, 6) is 2.71. The first kappa shape index (κ1) is 14.8. The number of piperidine rings is 1. The highest BCUT2D eigenvalue weighted by atomic mass is 32.2. The predicted molar refractivity (Wildman–Crippen MR) is 79.2 cm³/mol. The Morgan fingerprint density at radius 2 is 1.85 bits per heavy atom. The Morgan fingerprint density at radius 3 is 2.40 bits per heavy atom. The van der Waals surface area contributed by atoms with Crippen molar-refractivity contribution in [2.45, 2.75) is 38.5 Å². The van der Waals surface area contributed by atoms with Crippen LogP contribution in [-0.4, -0.2) is 38.9 Å². The number of hydrogen-bond acceptors (Lipinski definition) is 3. The lowest BCUT2D eigenvalue weighted by Gasteiger charge is -2.31. The Bertz CT molecular complexity index is 432. The quantitative estimate of drug-likeness (QED) is 0.793. The molecule has 2 aliphatic carbocycles. The van der Waals surface area contributed by atoms with E-state index in [9.17, 15) is 8.42 Å². The molecule has 2 bridgehead atoms. The molecule has 0 aromatic heterocycles. The minimum Gasteiger partial charge on any atom is -0.330 e. The SMILES string of the molecule is NCC1CCN(S(=O)(=O)NCC2CC3CCC2C3)CC1. The first-order chi connectivity index (χ1) is 9.58. The Balaban J connectivity index is 1.49. The summed E-state index contributed by atoms with van der Waals surface area (Å²) in [4.78, 5) is 0. The van der Waals surface area contributed by atoms with Crippen LogP contribution in [0, 0.1) is 23.7 Å². The van der Waals surface area contributed by atoms with E-state index in [4.69, 9.17) is 5.73 Å². The molecular weight excluding hydrogens is 274 g/mol. The Morgan fingerprint density at radius 1 is 1.10 bits per heavy atom. The fraction of sp³-hybridized carbons (Fsp3) is 1.00. The summed E-state index contributed by atoms with van der Waals surface area (Å²) >= 11 is 0. The molecule has 0 radical (unpaired) electrons. The van der Waals surface area contributed by atoms with Crippen LogP contribution in [0.15, 0.2) is 0 Å². The summed E-state index contributed by atoms with van der Waals surface area (Å²) < 4.78 is 29.1. The molecule has 1 aliphatic heterocycles. The number of nitrogens with two attached hydrogens (primary N) is 1. The first-order valence-electron chi connectivity index (χ1n) is 8.03. The van der Waals surface area contributed by atoms with E-state index in [2.05, 4.69) is 4.72 Å². The van der Waals surface area contributed by atoms with Crippen molar-refractivity contribution >= 4 is 10.2 Å². The van der Waals surface area contributed by atoms with E-state index in [0.717, 1.165) is 24.7 Å². The molecule has 3 aliphatic rings. The molecule has 1 heterocycles. The van der Waals surface area contributed by atoms with E-state index in [0.29, 0.717) is 38.0 Å². The average molecular weight is 301 g/mol. The van der Waals surface area contributed by atoms with E-state index in [1.165, 1.54) is 25.7 Å². The monoisotopic (exact) mass is 301 g/mol. The summed E-state index contributed by atoms with van der Waals surface area (Å²) in [6, 6.07) is 0. The lowest BCUT2D eigenvalue weighted by molar-refractivity contribution is 0.272. The van der Waals surface area contributed by atoms with E-state index in [1.807, 2.05) is 0 Å². The molecule has 2 saturated carbocycles. The maximum absolute atomic E-state index is 12.3. The number of nitrogens with zero attached hydrogens (tertiary/aromatic N) is 1. The third-order valence-corrected chi connectivity index (χ3v) is 7.24. The number of fused-ring (bicyclic) bond motifs is 2. The van der Waals surface area contributed by atoms with Crippen molar-refractivity contribution in [1.29, 1.82) is 0 Å². The molecule has 20 heavy (non-hydrogen) atoms. The van der Waals surface area contributed by atoms with Crippen LogP contribution in [0.5, 0.6) is 0 Å². The molecule has 1 saturated heterocycles. The third kappa shape index (κ3) is 3.03. The molecule has 3 rings (SSSR count). The molecular formula is C14H27N3O2S. The summed E-state index contributed by atoms with van der Waals surface area (Å²) in [5.41, 5.74) is 5.65. The molecule has 116 valence electrons. The van der Waals surface area contributed by atoms with Crippen LogP contribution in [0.2, 0.25) is 0 Å². The zero-order valence-corrected chi connectivity index (χ0v) is 12.9. The van der Waals surface area contributed by atoms with Crippen molar-refractivity contribution in [2.75, 3.05) is 26.2 Å². The lowest BCUT2D eigenvalue weighted by atomic mass is 9.89. The predicted octanol–water partition coefficient (Wildman–Crippen LogP) is 0.928. The lowest BCUT2D eigenvalue weighted by Crippen LogP contribution is -2.47. The van der Waals surface area contributed by atoms with E-state index in [-0.39, 0.29) is 0 Å². The second kappa shape index (κ2) is 5.91. The molecule has 3 atom stereocenters. The van der Waals surface area contributed by atoms with E-state index in [1.54, 1.807) is 4.31 Å². The van der Waals surface area contributed by atoms with Crippen LogP contribution in [0.4, 0.5) is 0 Å². The Kier molecular flexibility index (Phi) is 4.36. The fourth-order valence-electron chi connectivity index (χ4n) is 4.32.